The second-order valence-electron chi connectivity index (χ2n) is 4.01. The van der Waals surface area contributed by atoms with E-state index in [1.54, 1.807) is 4.68 Å². The van der Waals surface area contributed by atoms with Gasteiger partial charge >= 0.3 is 0 Å². The number of benzene rings is 1. The first-order valence-corrected chi connectivity index (χ1v) is 5.50. The fraction of sp³-hybridized carbons (Fsp3) is 0.364. The molecule has 0 unspecified atom stereocenters. The normalized spacial score (nSPS) is 15.9. The van der Waals surface area contributed by atoms with E-state index >= 15 is 0 Å². The molecule has 3 rings (SSSR count). The van der Waals surface area contributed by atoms with Crippen molar-refractivity contribution in [2.45, 2.75) is 12.8 Å². The van der Waals surface area contributed by atoms with E-state index in [1.165, 1.54) is 0 Å². The van der Waals surface area contributed by atoms with E-state index in [0.29, 0.717) is 5.96 Å². The van der Waals surface area contributed by atoms with Gasteiger partial charge in [0, 0.05) is 13.1 Å². The maximum Gasteiger partial charge on any atom is 0.220 e. The quantitative estimate of drug-likeness (QED) is 0.532. The fourth-order valence-corrected chi connectivity index (χ4v) is 2.09. The van der Waals surface area contributed by atoms with Crippen LogP contribution in [0.4, 0.5) is 0 Å². The van der Waals surface area contributed by atoms with Crippen LogP contribution in [0.1, 0.15) is 12.8 Å². The summed E-state index contributed by atoms with van der Waals surface area (Å²) >= 11 is 0. The molecule has 1 fully saturated rings. The number of aromatic nitrogens is 3. The molecule has 1 aromatic carbocycles. The molecule has 5 heteroatoms. The van der Waals surface area contributed by atoms with Crippen molar-refractivity contribution < 1.29 is 0 Å². The number of para-hydroxylation sites is 1. The number of nitrogens with one attached hydrogen (secondary N) is 1. The van der Waals surface area contributed by atoms with Crippen molar-refractivity contribution in [1.29, 1.82) is 5.41 Å². The van der Waals surface area contributed by atoms with Gasteiger partial charge < -0.3 is 4.90 Å². The lowest BCUT2D eigenvalue weighted by Crippen LogP contribution is -2.33. The molecule has 1 aliphatic heterocycles. The van der Waals surface area contributed by atoms with Crippen LogP contribution in [-0.2, 0) is 0 Å². The average Bonchev–Trinajstić information content (AvgIpc) is 2.98. The lowest BCUT2D eigenvalue weighted by Gasteiger charge is -2.17. The van der Waals surface area contributed by atoms with E-state index in [0.717, 1.165) is 37.0 Å². The minimum Gasteiger partial charge on any atom is -0.341 e. The van der Waals surface area contributed by atoms with Gasteiger partial charge in [0.2, 0.25) is 5.96 Å². The summed E-state index contributed by atoms with van der Waals surface area (Å²) in [5, 5.41) is 16.2. The monoisotopic (exact) mass is 215 g/mol. The van der Waals surface area contributed by atoms with E-state index < -0.39 is 0 Å². The smallest absolute Gasteiger partial charge is 0.220 e. The van der Waals surface area contributed by atoms with Crippen LogP contribution in [0, 0.1) is 5.41 Å². The Bertz CT molecular complexity index is 524. The molecule has 0 spiro atoms. The van der Waals surface area contributed by atoms with Crippen molar-refractivity contribution in [3.63, 3.8) is 0 Å². The first-order valence-electron chi connectivity index (χ1n) is 5.50. The predicted octanol–water partition coefficient (Wildman–Crippen LogP) is 1.31. The fourth-order valence-electron chi connectivity index (χ4n) is 2.09. The van der Waals surface area contributed by atoms with Gasteiger partial charge in [-0.1, -0.05) is 17.3 Å². The van der Waals surface area contributed by atoms with Crippen molar-refractivity contribution in [3.8, 4) is 0 Å². The van der Waals surface area contributed by atoms with Crippen LogP contribution in [0.3, 0.4) is 0 Å². The summed E-state index contributed by atoms with van der Waals surface area (Å²) in [5.41, 5.74) is 1.74. The Kier molecular flexibility index (Phi) is 2.09. The van der Waals surface area contributed by atoms with Gasteiger partial charge in [0.25, 0.3) is 0 Å². The molecule has 0 saturated carbocycles. The zero-order chi connectivity index (χ0) is 11.0. The van der Waals surface area contributed by atoms with Gasteiger partial charge in [0.1, 0.15) is 5.52 Å². The van der Waals surface area contributed by atoms with Crippen molar-refractivity contribution >= 4 is 17.0 Å². The van der Waals surface area contributed by atoms with Gasteiger partial charge in [-0.25, -0.2) is 0 Å². The third-order valence-corrected chi connectivity index (χ3v) is 2.96. The largest absolute Gasteiger partial charge is 0.341 e. The van der Waals surface area contributed by atoms with E-state index in [2.05, 4.69) is 10.3 Å². The second kappa shape index (κ2) is 3.59. The molecule has 2 heterocycles. The molecule has 0 aliphatic carbocycles. The number of fused-ring (bicyclic) bond motifs is 1. The minimum absolute atomic E-state index is 0.436. The molecule has 1 N–H and O–H groups in total. The van der Waals surface area contributed by atoms with E-state index in [9.17, 15) is 0 Å². The third kappa shape index (κ3) is 1.36. The van der Waals surface area contributed by atoms with Crippen LogP contribution in [0.5, 0.6) is 0 Å². The highest BCUT2D eigenvalue weighted by Crippen LogP contribution is 2.13. The highest BCUT2D eigenvalue weighted by Gasteiger charge is 2.18. The van der Waals surface area contributed by atoms with Crippen LogP contribution < -0.4 is 0 Å². The Labute approximate surface area is 93.2 Å². The van der Waals surface area contributed by atoms with Gasteiger partial charge in [0.15, 0.2) is 0 Å². The summed E-state index contributed by atoms with van der Waals surface area (Å²) in [6.07, 6.45) is 2.32. The lowest BCUT2D eigenvalue weighted by molar-refractivity contribution is 0.488. The number of nitrogens with zero attached hydrogens (tertiary/aromatic N) is 4. The number of likely N-dealkylation sites (tertiary alicyclic amines) is 1. The molecule has 2 aromatic rings. The van der Waals surface area contributed by atoms with E-state index in [-0.39, 0.29) is 0 Å². The Morgan fingerprint density at radius 3 is 2.75 bits per heavy atom. The Hall–Kier alpha value is -1.91. The summed E-state index contributed by atoms with van der Waals surface area (Å²) in [6, 6.07) is 7.73. The highest BCUT2D eigenvalue weighted by molar-refractivity contribution is 5.89. The SMILES string of the molecule is N=C(N1CCCC1)n1nnc2ccccc21. The van der Waals surface area contributed by atoms with E-state index in [4.69, 9.17) is 5.41 Å². The summed E-state index contributed by atoms with van der Waals surface area (Å²) < 4.78 is 1.61. The van der Waals surface area contributed by atoms with Crippen LogP contribution in [0.15, 0.2) is 24.3 Å². The summed E-state index contributed by atoms with van der Waals surface area (Å²) in [5.74, 6) is 0.436. The Morgan fingerprint density at radius 2 is 1.94 bits per heavy atom. The maximum absolute atomic E-state index is 8.11. The van der Waals surface area contributed by atoms with E-state index in [1.807, 2.05) is 29.2 Å². The molecule has 1 aliphatic rings. The summed E-state index contributed by atoms with van der Waals surface area (Å²) in [6.45, 7) is 1.90. The van der Waals surface area contributed by atoms with Crippen molar-refractivity contribution in [2.75, 3.05) is 13.1 Å². The number of hydrogen-bond donors (Lipinski definition) is 1. The van der Waals surface area contributed by atoms with Gasteiger partial charge in [-0.2, -0.15) is 4.68 Å². The Morgan fingerprint density at radius 1 is 1.19 bits per heavy atom. The molecule has 82 valence electrons. The molecule has 0 bridgehead atoms. The summed E-state index contributed by atoms with van der Waals surface area (Å²) in [4.78, 5) is 2.04. The lowest BCUT2D eigenvalue weighted by atomic mass is 10.3. The third-order valence-electron chi connectivity index (χ3n) is 2.96. The molecule has 5 nitrogen and oxygen atoms in total. The summed E-state index contributed by atoms with van der Waals surface area (Å²) in [7, 11) is 0. The first kappa shape index (κ1) is 9.33. The van der Waals surface area contributed by atoms with Gasteiger partial charge in [-0.05, 0) is 25.0 Å². The zero-order valence-corrected chi connectivity index (χ0v) is 8.93. The topological polar surface area (TPSA) is 57.8 Å². The van der Waals surface area contributed by atoms with Crippen LogP contribution in [0.25, 0.3) is 11.0 Å². The molecule has 1 aromatic heterocycles. The molecule has 0 atom stereocenters. The average molecular weight is 215 g/mol. The molecular formula is C11H13N5. The van der Waals surface area contributed by atoms with Crippen LogP contribution in [0.2, 0.25) is 0 Å². The molecule has 1 saturated heterocycles. The first-order chi connectivity index (χ1) is 7.86. The maximum atomic E-state index is 8.11. The van der Waals surface area contributed by atoms with Gasteiger partial charge in [0.05, 0.1) is 5.52 Å². The molecule has 16 heavy (non-hydrogen) atoms. The van der Waals surface area contributed by atoms with Crippen LogP contribution >= 0.6 is 0 Å². The van der Waals surface area contributed by atoms with Crippen molar-refractivity contribution in [1.82, 2.24) is 19.9 Å². The molecule has 0 radical (unpaired) electrons. The predicted molar refractivity (Wildman–Crippen MR) is 61.5 cm³/mol. The van der Waals surface area contributed by atoms with Gasteiger partial charge in [-0.15, -0.1) is 5.10 Å². The second-order valence-corrected chi connectivity index (χ2v) is 4.01. The van der Waals surface area contributed by atoms with Crippen molar-refractivity contribution in [3.05, 3.63) is 24.3 Å². The van der Waals surface area contributed by atoms with Gasteiger partial charge in [-0.3, -0.25) is 5.41 Å². The minimum atomic E-state index is 0.436. The molecule has 0 amide bonds. The highest BCUT2D eigenvalue weighted by atomic mass is 15.5. The van der Waals surface area contributed by atoms with Crippen LogP contribution in [-0.4, -0.2) is 38.9 Å². The van der Waals surface area contributed by atoms with Crippen molar-refractivity contribution in [2.24, 2.45) is 0 Å². The number of hydrogen-bond acceptors (Lipinski definition) is 3. The standard InChI is InChI=1S/C11H13N5/c12-11(15-7-3-4-8-15)16-10-6-2-1-5-9(10)13-14-16/h1-2,5-6,12H,3-4,7-8H2. The zero-order valence-electron chi connectivity index (χ0n) is 8.93. The Balaban J connectivity index is 2.02. The number of rotatable bonds is 0. The molecular weight excluding hydrogens is 202 g/mol.